The van der Waals surface area contributed by atoms with Crippen LogP contribution >= 0.6 is 15.9 Å². The molecule has 19 heavy (non-hydrogen) atoms. The number of hydrogen-bond acceptors (Lipinski definition) is 1. The SMILES string of the molecule is Cc1ccc(C)n1Nc1ccc(C(F)(F)F)cc1Br. The third-order valence-electron chi connectivity index (χ3n) is 2.80. The minimum atomic E-state index is -4.33. The van der Waals surface area contributed by atoms with Crippen molar-refractivity contribution < 1.29 is 13.2 Å². The average molecular weight is 333 g/mol. The van der Waals surface area contributed by atoms with E-state index in [2.05, 4.69) is 21.4 Å². The summed E-state index contributed by atoms with van der Waals surface area (Å²) in [5, 5.41) is 0. The first-order valence-electron chi connectivity index (χ1n) is 5.58. The van der Waals surface area contributed by atoms with Crippen LogP contribution in [0.15, 0.2) is 34.8 Å². The zero-order valence-corrected chi connectivity index (χ0v) is 11.9. The first-order chi connectivity index (χ1) is 8.79. The second kappa shape index (κ2) is 4.92. The van der Waals surface area contributed by atoms with E-state index in [1.807, 2.05) is 30.7 Å². The predicted molar refractivity (Wildman–Crippen MR) is 72.1 cm³/mol. The monoisotopic (exact) mass is 332 g/mol. The summed E-state index contributed by atoms with van der Waals surface area (Å²) in [5.41, 5.74) is 4.93. The summed E-state index contributed by atoms with van der Waals surface area (Å²) in [7, 11) is 0. The fourth-order valence-electron chi connectivity index (χ4n) is 1.75. The van der Waals surface area contributed by atoms with Crippen molar-refractivity contribution in [2.45, 2.75) is 20.0 Å². The minimum absolute atomic E-state index is 0.370. The number of rotatable bonds is 2. The molecule has 0 aliphatic carbocycles. The first kappa shape index (κ1) is 14.0. The summed E-state index contributed by atoms with van der Waals surface area (Å²) in [6.07, 6.45) is -4.33. The maximum atomic E-state index is 12.6. The lowest BCUT2D eigenvalue weighted by Crippen LogP contribution is -2.13. The van der Waals surface area contributed by atoms with Gasteiger partial charge in [0.15, 0.2) is 0 Å². The average Bonchev–Trinajstić information content (AvgIpc) is 2.62. The van der Waals surface area contributed by atoms with Gasteiger partial charge in [-0.3, -0.25) is 10.1 Å². The van der Waals surface area contributed by atoms with Gasteiger partial charge < -0.3 is 0 Å². The van der Waals surface area contributed by atoms with Crippen LogP contribution in [0.5, 0.6) is 0 Å². The molecule has 0 atom stereocenters. The molecule has 0 bridgehead atoms. The maximum Gasteiger partial charge on any atom is 0.416 e. The molecule has 2 nitrogen and oxygen atoms in total. The van der Waals surface area contributed by atoms with Crippen molar-refractivity contribution in [1.82, 2.24) is 4.68 Å². The summed E-state index contributed by atoms with van der Waals surface area (Å²) >= 11 is 3.16. The van der Waals surface area contributed by atoms with Gasteiger partial charge >= 0.3 is 6.18 Å². The molecular weight excluding hydrogens is 321 g/mol. The van der Waals surface area contributed by atoms with Gasteiger partial charge in [-0.2, -0.15) is 13.2 Å². The highest BCUT2D eigenvalue weighted by Crippen LogP contribution is 2.34. The lowest BCUT2D eigenvalue weighted by Gasteiger charge is -2.15. The Labute approximate surface area is 117 Å². The molecule has 1 N–H and O–H groups in total. The fraction of sp³-hybridized carbons (Fsp3) is 0.231. The molecule has 0 saturated heterocycles. The number of aryl methyl sites for hydroxylation is 2. The lowest BCUT2D eigenvalue weighted by atomic mass is 10.2. The highest BCUT2D eigenvalue weighted by atomic mass is 79.9. The van der Waals surface area contributed by atoms with Crippen molar-refractivity contribution in [3.63, 3.8) is 0 Å². The molecule has 0 aliphatic rings. The number of anilines is 1. The Morgan fingerprint density at radius 3 is 2.11 bits per heavy atom. The van der Waals surface area contributed by atoms with Crippen LogP contribution in [0.2, 0.25) is 0 Å². The molecule has 1 aromatic heterocycles. The molecule has 1 aromatic carbocycles. The van der Waals surface area contributed by atoms with Crippen LogP contribution in [0.1, 0.15) is 17.0 Å². The van der Waals surface area contributed by atoms with Gasteiger partial charge in [0.2, 0.25) is 0 Å². The van der Waals surface area contributed by atoms with Gasteiger partial charge in [0.05, 0.1) is 11.3 Å². The maximum absolute atomic E-state index is 12.6. The topological polar surface area (TPSA) is 17.0 Å². The fourth-order valence-corrected chi connectivity index (χ4v) is 2.21. The highest BCUT2D eigenvalue weighted by molar-refractivity contribution is 9.10. The molecule has 102 valence electrons. The Morgan fingerprint density at radius 2 is 1.63 bits per heavy atom. The van der Waals surface area contributed by atoms with Gasteiger partial charge in [-0.15, -0.1) is 0 Å². The van der Waals surface area contributed by atoms with E-state index in [0.29, 0.717) is 10.2 Å². The molecule has 2 aromatic rings. The number of hydrogen-bond donors (Lipinski definition) is 1. The van der Waals surface area contributed by atoms with Crippen molar-refractivity contribution in [1.29, 1.82) is 0 Å². The number of alkyl halides is 3. The van der Waals surface area contributed by atoms with Crippen LogP contribution in [0.4, 0.5) is 18.9 Å². The van der Waals surface area contributed by atoms with Crippen LogP contribution in [-0.2, 0) is 6.18 Å². The predicted octanol–water partition coefficient (Wildman–Crippen LogP) is 4.76. The molecule has 0 spiro atoms. The lowest BCUT2D eigenvalue weighted by molar-refractivity contribution is -0.137. The number of benzene rings is 1. The van der Waals surface area contributed by atoms with Crippen LogP contribution < -0.4 is 5.43 Å². The van der Waals surface area contributed by atoms with E-state index >= 15 is 0 Å². The van der Waals surface area contributed by atoms with Crippen molar-refractivity contribution in [2.75, 3.05) is 5.43 Å². The molecule has 0 amide bonds. The summed E-state index contributed by atoms with van der Waals surface area (Å²) in [6, 6.07) is 7.39. The van der Waals surface area contributed by atoms with Crippen LogP contribution in [-0.4, -0.2) is 4.68 Å². The second-order valence-corrected chi connectivity index (χ2v) is 5.11. The Balaban J connectivity index is 2.33. The van der Waals surface area contributed by atoms with Crippen molar-refractivity contribution >= 4 is 21.6 Å². The number of nitrogens with zero attached hydrogens (tertiary/aromatic N) is 1. The molecule has 2 rings (SSSR count). The molecule has 0 fully saturated rings. The zero-order chi connectivity index (χ0) is 14.2. The van der Waals surface area contributed by atoms with Crippen molar-refractivity contribution in [3.8, 4) is 0 Å². The van der Waals surface area contributed by atoms with E-state index in [1.54, 1.807) is 0 Å². The molecular formula is C13H12BrF3N2. The Morgan fingerprint density at radius 1 is 1.05 bits per heavy atom. The van der Waals surface area contributed by atoms with E-state index in [-0.39, 0.29) is 0 Å². The Kier molecular flexibility index (Phi) is 3.62. The molecule has 0 aliphatic heterocycles. The van der Waals surface area contributed by atoms with Crippen LogP contribution in [0.3, 0.4) is 0 Å². The largest absolute Gasteiger partial charge is 0.416 e. The van der Waals surface area contributed by atoms with E-state index in [0.717, 1.165) is 23.5 Å². The van der Waals surface area contributed by atoms with Gasteiger partial charge in [0.25, 0.3) is 0 Å². The van der Waals surface area contributed by atoms with Gasteiger partial charge in [0, 0.05) is 15.9 Å². The summed E-state index contributed by atoms with van der Waals surface area (Å²) in [5.74, 6) is 0. The quantitative estimate of drug-likeness (QED) is 0.838. The second-order valence-electron chi connectivity index (χ2n) is 4.26. The summed E-state index contributed by atoms with van der Waals surface area (Å²) < 4.78 is 39.9. The zero-order valence-electron chi connectivity index (χ0n) is 10.3. The molecule has 0 radical (unpaired) electrons. The van der Waals surface area contributed by atoms with Crippen LogP contribution in [0.25, 0.3) is 0 Å². The first-order valence-corrected chi connectivity index (χ1v) is 6.37. The third-order valence-corrected chi connectivity index (χ3v) is 3.46. The smallest absolute Gasteiger partial charge is 0.293 e. The highest BCUT2D eigenvalue weighted by Gasteiger charge is 2.30. The summed E-state index contributed by atoms with van der Waals surface area (Å²) in [4.78, 5) is 0. The minimum Gasteiger partial charge on any atom is -0.293 e. The molecule has 0 unspecified atom stereocenters. The Bertz CT molecular complexity index is 583. The number of aromatic nitrogens is 1. The van der Waals surface area contributed by atoms with Gasteiger partial charge in [-0.05, 0) is 60.1 Å². The van der Waals surface area contributed by atoms with Gasteiger partial charge in [-0.25, -0.2) is 0 Å². The normalized spacial score (nSPS) is 11.7. The summed E-state index contributed by atoms with van der Waals surface area (Å²) in [6.45, 7) is 3.83. The standard InChI is InChI=1S/C13H12BrF3N2/c1-8-3-4-9(2)19(8)18-12-6-5-10(7-11(12)14)13(15,16)17/h3-7,18H,1-2H3. The van der Waals surface area contributed by atoms with E-state index in [1.165, 1.54) is 6.07 Å². The number of halogens is 4. The molecule has 0 saturated carbocycles. The van der Waals surface area contributed by atoms with Gasteiger partial charge in [0.1, 0.15) is 0 Å². The van der Waals surface area contributed by atoms with E-state index < -0.39 is 11.7 Å². The molecule has 6 heteroatoms. The van der Waals surface area contributed by atoms with Crippen LogP contribution in [0, 0.1) is 13.8 Å². The van der Waals surface area contributed by atoms with Crippen molar-refractivity contribution in [3.05, 3.63) is 51.8 Å². The van der Waals surface area contributed by atoms with E-state index in [9.17, 15) is 13.2 Å². The van der Waals surface area contributed by atoms with Crippen molar-refractivity contribution in [2.24, 2.45) is 0 Å². The van der Waals surface area contributed by atoms with E-state index in [4.69, 9.17) is 0 Å². The third kappa shape index (κ3) is 2.94. The van der Waals surface area contributed by atoms with Gasteiger partial charge in [-0.1, -0.05) is 0 Å². The number of nitrogens with one attached hydrogen (secondary N) is 1. The molecule has 1 heterocycles. The Hall–Kier alpha value is -1.43.